The van der Waals surface area contributed by atoms with Gasteiger partial charge in [-0.15, -0.1) is 0 Å². The molecule has 1 aromatic carbocycles. The normalized spacial score (nSPS) is 10.2. The van der Waals surface area contributed by atoms with Gasteiger partial charge in [0.15, 0.2) is 0 Å². The molecule has 0 aliphatic rings. The summed E-state index contributed by atoms with van der Waals surface area (Å²) in [5, 5.41) is 0. The maximum atomic E-state index is 5.70. The summed E-state index contributed by atoms with van der Waals surface area (Å²) < 4.78 is 0. The number of nitrogens with two attached hydrogens (primary N) is 2. The fraction of sp³-hybridized carbons (Fsp3) is 0.154. The summed E-state index contributed by atoms with van der Waals surface area (Å²) in [6, 6.07) is 11.8. The number of rotatable bonds is 2. The molecule has 2 aromatic rings. The molecule has 4 heteroatoms. The van der Waals surface area contributed by atoms with E-state index in [1.807, 2.05) is 30.1 Å². The second-order valence-corrected chi connectivity index (χ2v) is 4.04. The first-order chi connectivity index (χ1) is 8.08. The van der Waals surface area contributed by atoms with E-state index in [0.717, 1.165) is 11.5 Å². The number of aryl methyl sites for hydroxylation is 1. The minimum absolute atomic E-state index is 0.363. The Balaban J connectivity index is 2.36. The number of nitrogens with zero attached hydrogens (tertiary/aromatic N) is 2. The predicted molar refractivity (Wildman–Crippen MR) is 72.3 cm³/mol. The zero-order valence-electron chi connectivity index (χ0n) is 10.0. The summed E-state index contributed by atoms with van der Waals surface area (Å²) in [4.78, 5) is 6.23. The number of aromatic nitrogens is 1. The van der Waals surface area contributed by atoms with Crippen LogP contribution in [-0.2, 0) is 0 Å². The van der Waals surface area contributed by atoms with Crippen molar-refractivity contribution < 1.29 is 0 Å². The topological polar surface area (TPSA) is 68.2 Å². The quantitative estimate of drug-likeness (QED) is 0.827. The van der Waals surface area contributed by atoms with Crippen molar-refractivity contribution in [2.24, 2.45) is 0 Å². The maximum absolute atomic E-state index is 5.70. The van der Waals surface area contributed by atoms with Gasteiger partial charge in [0.2, 0.25) is 0 Å². The fourth-order valence-electron chi connectivity index (χ4n) is 1.63. The highest BCUT2D eigenvalue weighted by molar-refractivity contribution is 5.66. The van der Waals surface area contributed by atoms with E-state index in [4.69, 9.17) is 11.5 Å². The van der Waals surface area contributed by atoms with Crippen LogP contribution in [0, 0.1) is 6.92 Å². The van der Waals surface area contributed by atoms with Crippen molar-refractivity contribution in [2.75, 3.05) is 23.4 Å². The van der Waals surface area contributed by atoms with Gasteiger partial charge in [0, 0.05) is 12.7 Å². The lowest BCUT2D eigenvalue weighted by Crippen LogP contribution is -2.12. The van der Waals surface area contributed by atoms with Crippen molar-refractivity contribution in [2.45, 2.75) is 6.92 Å². The molecule has 88 valence electrons. The molecule has 0 amide bonds. The lowest BCUT2D eigenvalue weighted by atomic mass is 10.2. The van der Waals surface area contributed by atoms with Gasteiger partial charge in [0.05, 0.1) is 5.69 Å². The van der Waals surface area contributed by atoms with Gasteiger partial charge in [0.1, 0.15) is 11.6 Å². The van der Waals surface area contributed by atoms with Gasteiger partial charge >= 0.3 is 0 Å². The molecule has 0 fully saturated rings. The van der Waals surface area contributed by atoms with Crippen LogP contribution in [0.5, 0.6) is 0 Å². The number of benzene rings is 1. The van der Waals surface area contributed by atoms with Crippen molar-refractivity contribution in [3.05, 3.63) is 42.0 Å². The van der Waals surface area contributed by atoms with Crippen LogP contribution in [0.1, 0.15) is 5.56 Å². The van der Waals surface area contributed by atoms with Crippen LogP contribution in [0.25, 0.3) is 0 Å². The SMILES string of the molecule is Cc1cccc(N(C)c2ccc(N)c(N)n2)c1. The van der Waals surface area contributed by atoms with Gasteiger partial charge in [0.25, 0.3) is 0 Å². The molecule has 0 atom stereocenters. The first-order valence-electron chi connectivity index (χ1n) is 5.40. The fourth-order valence-corrected chi connectivity index (χ4v) is 1.63. The van der Waals surface area contributed by atoms with Gasteiger partial charge in [-0.1, -0.05) is 12.1 Å². The monoisotopic (exact) mass is 228 g/mol. The molecule has 1 aromatic heterocycles. The molecule has 4 N–H and O–H groups in total. The van der Waals surface area contributed by atoms with Crippen LogP contribution in [0.4, 0.5) is 23.0 Å². The molecule has 0 aliphatic carbocycles. The van der Waals surface area contributed by atoms with E-state index in [2.05, 4.69) is 24.0 Å². The highest BCUT2D eigenvalue weighted by atomic mass is 15.2. The largest absolute Gasteiger partial charge is 0.396 e. The Morgan fingerprint density at radius 1 is 1.12 bits per heavy atom. The number of hydrogen-bond acceptors (Lipinski definition) is 4. The van der Waals surface area contributed by atoms with Gasteiger partial charge < -0.3 is 16.4 Å². The Labute approximate surface area is 101 Å². The van der Waals surface area contributed by atoms with Crippen LogP contribution >= 0.6 is 0 Å². The molecular formula is C13H16N4. The zero-order valence-corrected chi connectivity index (χ0v) is 10.0. The van der Waals surface area contributed by atoms with Crippen LogP contribution < -0.4 is 16.4 Å². The lowest BCUT2D eigenvalue weighted by molar-refractivity contribution is 1.13. The first kappa shape index (κ1) is 11.3. The Bertz CT molecular complexity index is 537. The molecule has 0 radical (unpaired) electrons. The Kier molecular flexibility index (Phi) is 2.87. The minimum atomic E-state index is 0.363. The van der Waals surface area contributed by atoms with Crippen LogP contribution in [0.2, 0.25) is 0 Å². The van der Waals surface area contributed by atoms with Gasteiger partial charge in [-0.05, 0) is 36.8 Å². The lowest BCUT2D eigenvalue weighted by Gasteiger charge is -2.19. The zero-order chi connectivity index (χ0) is 12.4. The van der Waals surface area contributed by atoms with E-state index in [0.29, 0.717) is 11.5 Å². The van der Waals surface area contributed by atoms with E-state index in [-0.39, 0.29) is 0 Å². The van der Waals surface area contributed by atoms with Crippen LogP contribution in [0.15, 0.2) is 36.4 Å². The van der Waals surface area contributed by atoms with E-state index in [1.54, 1.807) is 6.07 Å². The molecule has 0 bridgehead atoms. The van der Waals surface area contributed by atoms with Crippen LogP contribution in [-0.4, -0.2) is 12.0 Å². The molecule has 4 nitrogen and oxygen atoms in total. The predicted octanol–water partition coefficient (Wildman–Crippen LogP) is 2.32. The summed E-state index contributed by atoms with van der Waals surface area (Å²) in [6.45, 7) is 2.06. The van der Waals surface area contributed by atoms with Crippen molar-refractivity contribution in [3.8, 4) is 0 Å². The smallest absolute Gasteiger partial charge is 0.149 e. The summed E-state index contributed by atoms with van der Waals surface area (Å²) in [5.41, 5.74) is 14.1. The molecular weight excluding hydrogens is 212 g/mol. The third-order valence-electron chi connectivity index (χ3n) is 2.68. The molecule has 0 unspecified atom stereocenters. The summed E-state index contributed by atoms with van der Waals surface area (Å²) in [7, 11) is 1.95. The van der Waals surface area contributed by atoms with Gasteiger partial charge in [-0.25, -0.2) is 4.98 Å². The third kappa shape index (κ3) is 2.30. The van der Waals surface area contributed by atoms with Crippen molar-refractivity contribution in [1.82, 2.24) is 4.98 Å². The number of nitrogen functional groups attached to an aromatic ring is 2. The Morgan fingerprint density at radius 3 is 2.53 bits per heavy atom. The standard InChI is InChI=1S/C13H16N4/c1-9-4-3-5-10(8-9)17(2)12-7-6-11(14)13(15)16-12/h3-8H,14H2,1-2H3,(H2,15,16). The maximum Gasteiger partial charge on any atom is 0.149 e. The average Bonchev–Trinajstić information content (AvgIpc) is 2.32. The van der Waals surface area contributed by atoms with E-state index < -0.39 is 0 Å². The molecule has 0 spiro atoms. The number of anilines is 4. The number of hydrogen-bond donors (Lipinski definition) is 2. The highest BCUT2D eigenvalue weighted by Crippen LogP contribution is 2.24. The third-order valence-corrected chi connectivity index (χ3v) is 2.68. The van der Waals surface area contributed by atoms with E-state index in [9.17, 15) is 0 Å². The summed E-state index contributed by atoms with van der Waals surface area (Å²) in [6.07, 6.45) is 0. The summed E-state index contributed by atoms with van der Waals surface area (Å²) in [5.74, 6) is 1.14. The summed E-state index contributed by atoms with van der Waals surface area (Å²) >= 11 is 0. The molecule has 1 heterocycles. The Hall–Kier alpha value is -2.23. The molecule has 2 rings (SSSR count). The van der Waals surface area contributed by atoms with Crippen molar-refractivity contribution in [1.29, 1.82) is 0 Å². The molecule has 0 saturated heterocycles. The van der Waals surface area contributed by atoms with Crippen LogP contribution in [0.3, 0.4) is 0 Å². The minimum Gasteiger partial charge on any atom is -0.396 e. The second-order valence-electron chi connectivity index (χ2n) is 4.04. The molecule has 17 heavy (non-hydrogen) atoms. The van der Waals surface area contributed by atoms with E-state index >= 15 is 0 Å². The molecule has 0 aliphatic heterocycles. The number of pyridine rings is 1. The first-order valence-corrected chi connectivity index (χ1v) is 5.40. The Morgan fingerprint density at radius 2 is 1.88 bits per heavy atom. The van der Waals surface area contributed by atoms with Gasteiger partial charge in [-0.2, -0.15) is 0 Å². The molecule has 0 saturated carbocycles. The van der Waals surface area contributed by atoms with E-state index in [1.165, 1.54) is 5.56 Å². The van der Waals surface area contributed by atoms with Gasteiger partial charge in [-0.3, -0.25) is 0 Å². The van der Waals surface area contributed by atoms with Crippen molar-refractivity contribution >= 4 is 23.0 Å². The average molecular weight is 228 g/mol. The second kappa shape index (κ2) is 4.33. The van der Waals surface area contributed by atoms with Crippen molar-refractivity contribution in [3.63, 3.8) is 0 Å². The highest BCUT2D eigenvalue weighted by Gasteiger charge is 2.06.